The fourth-order valence-corrected chi connectivity index (χ4v) is 3.35. The van der Waals surface area contributed by atoms with Gasteiger partial charge >= 0.3 is 6.18 Å². The Bertz CT molecular complexity index is 1000. The number of morpholine rings is 1. The van der Waals surface area contributed by atoms with Crippen molar-refractivity contribution in [3.05, 3.63) is 47.8 Å². The van der Waals surface area contributed by atoms with Gasteiger partial charge in [0.1, 0.15) is 5.82 Å². The first-order chi connectivity index (χ1) is 13.3. The molecule has 8 heteroatoms. The van der Waals surface area contributed by atoms with Crippen molar-refractivity contribution < 1.29 is 17.9 Å². The second-order valence-corrected chi connectivity index (χ2v) is 6.88. The summed E-state index contributed by atoms with van der Waals surface area (Å²) in [6.45, 7) is 5.90. The molecule has 4 rings (SSSR count). The van der Waals surface area contributed by atoms with Gasteiger partial charge in [-0.05, 0) is 38.1 Å². The van der Waals surface area contributed by atoms with Crippen molar-refractivity contribution in [2.45, 2.75) is 26.1 Å². The van der Waals surface area contributed by atoms with Crippen LogP contribution in [0.2, 0.25) is 0 Å². The Balaban J connectivity index is 1.70. The summed E-state index contributed by atoms with van der Waals surface area (Å²) in [6.07, 6.45) is -2.75. The lowest BCUT2D eigenvalue weighted by molar-refractivity contribution is -0.137. The Hall–Kier alpha value is -2.74. The molecule has 0 N–H and O–H groups in total. The highest BCUT2D eigenvalue weighted by atomic mass is 19.4. The van der Waals surface area contributed by atoms with Crippen molar-refractivity contribution in [1.82, 2.24) is 15.0 Å². The first kappa shape index (κ1) is 18.6. The third kappa shape index (κ3) is 3.52. The summed E-state index contributed by atoms with van der Waals surface area (Å²) in [5.74, 6) is 1.19. The van der Waals surface area contributed by atoms with E-state index in [0.717, 1.165) is 24.5 Å². The molecule has 28 heavy (non-hydrogen) atoms. The van der Waals surface area contributed by atoms with Crippen LogP contribution in [-0.4, -0.2) is 40.8 Å². The molecule has 0 bridgehead atoms. The van der Waals surface area contributed by atoms with Crippen LogP contribution in [0.4, 0.5) is 19.0 Å². The molecule has 2 aromatic heterocycles. The summed E-state index contributed by atoms with van der Waals surface area (Å²) < 4.78 is 44.5. The summed E-state index contributed by atoms with van der Waals surface area (Å²) in [4.78, 5) is 15.5. The second-order valence-electron chi connectivity index (χ2n) is 6.88. The number of nitrogens with zero attached hydrogens (tertiary/aromatic N) is 4. The van der Waals surface area contributed by atoms with Gasteiger partial charge < -0.3 is 9.64 Å². The normalized spacial score (nSPS) is 17.9. The third-order valence-corrected chi connectivity index (χ3v) is 4.88. The maximum Gasteiger partial charge on any atom is 0.416 e. The fraction of sp³-hybridized carbons (Fsp3) is 0.350. The van der Waals surface area contributed by atoms with Crippen LogP contribution in [0.15, 0.2) is 36.5 Å². The number of halogens is 3. The standard InChI is InChI=1S/C20H19F3N4O/c1-12-11-28-8-7-27(12)18-6-3-14(10-24-18)19-25-13(2)16-5-4-15(20(21,22)23)9-17(16)26-19/h3-6,9-10,12H,7-8,11H2,1-2H3/t12-/m0/s1. The molecule has 0 saturated carbocycles. The van der Waals surface area contributed by atoms with E-state index >= 15 is 0 Å². The van der Waals surface area contributed by atoms with Crippen molar-refractivity contribution in [3.63, 3.8) is 0 Å². The quantitative estimate of drug-likeness (QED) is 0.657. The van der Waals surface area contributed by atoms with E-state index in [1.807, 2.05) is 12.1 Å². The van der Waals surface area contributed by atoms with Crippen LogP contribution in [0.3, 0.4) is 0 Å². The van der Waals surface area contributed by atoms with Crippen molar-refractivity contribution in [2.24, 2.45) is 0 Å². The van der Waals surface area contributed by atoms with Gasteiger partial charge in [0.25, 0.3) is 0 Å². The molecule has 1 atom stereocenters. The monoisotopic (exact) mass is 388 g/mol. The van der Waals surface area contributed by atoms with Gasteiger partial charge in [0.05, 0.1) is 30.3 Å². The number of fused-ring (bicyclic) bond motifs is 1. The molecular formula is C20H19F3N4O. The number of alkyl halides is 3. The van der Waals surface area contributed by atoms with Crippen LogP contribution in [0.5, 0.6) is 0 Å². The van der Waals surface area contributed by atoms with E-state index in [1.54, 1.807) is 13.1 Å². The van der Waals surface area contributed by atoms with E-state index in [9.17, 15) is 13.2 Å². The largest absolute Gasteiger partial charge is 0.416 e. The Kier molecular flexibility index (Phi) is 4.66. The summed E-state index contributed by atoms with van der Waals surface area (Å²) in [7, 11) is 0. The number of hydrogen-bond donors (Lipinski definition) is 0. The van der Waals surface area contributed by atoms with Crippen LogP contribution in [-0.2, 0) is 10.9 Å². The topological polar surface area (TPSA) is 51.1 Å². The van der Waals surface area contributed by atoms with Crippen LogP contribution in [0.1, 0.15) is 18.2 Å². The van der Waals surface area contributed by atoms with Crippen molar-refractivity contribution in [3.8, 4) is 11.4 Å². The molecule has 0 aliphatic carbocycles. The van der Waals surface area contributed by atoms with Gasteiger partial charge in [0, 0.05) is 29.4 Å². The van der Waals surface area contributed by atoms with Crippen LogP contribution in [0, 0.1) is 6.92 Å². The highest BCUT2D eigenvalue weighted by Gasteiger charge is 2.30. The zero-order chi connectivity index (χ0) is 19.9. The second kappa shape index (κ2) is 7.01. The molecular weight excluding hydrogens is 369 g/mol. The number of anilines is 1. The predicted molar refractivity (Wildman–Crippen MR) is 100 cm³/mol. The minimum atomic E-state index is -4.41. The smallest absolute Gasteiger partial charge is 0.377 e. The SMILES string of the molecule is Cc1nc(-c2ccc(N3CCOC[C@@H]3C)nc2)nc2cc(C(F)(F)F)ccc12. The lowest BCUT2D eigenvalue weighted by Gasteiger charge is -2.34. The number of aryl methyl sites for hydroxylation is 1. The first-order valence-electron chi connectivity index (χ1n) is 8.99. The molecule has 146 valence electrons. The minimum Gasteiger partial charge on any atom is -0.377 e. The number of rotatable bonds is 2. The maximum atomic E-state index is 13.0. The number of hydrogen-bond acceptors (Lipinski definition) is 5. The van der Waals surface area contributed by atoms with Gasteiger partial charge in [-0.1, -0.05) is 6.07 Å². The van der Waals surface area contributed by atoms with Crippen LogP contribution >= 0.6 is 0 Å². The fourth-order valence-electron chi connectivity index (χ4n) is 3.35. The van der Waals surface area contributed by atoms with Crippen molar-refractivity contribution >= 4 is 16.7 Å². The Morgan fingerprint density at radius 2 is 1.96 bits per heavy atom. The molecule has 0 unspecified atom stereocenters. The molecule has 5 nitrogen and oxygen atoms in total. The van der Waals surface area contributed by atoms with Gasteiger partial charge in [-0.25, -0.2) is 15.0 Å². The zero-order valence-corrected chi connectivity index (χ0v) is 15.5. The van der Waals surface area contributed by atoms with Crippen molar-refractivity contribution in [2.75, 3.05) is 24.7 Å². The van der Waals surface area contributed by atoms with Gasteiger partial charge in [0.15, 0.2) is 5.82 Å². The summed E-state index contributed by atoms with van der Waals surface area (Å²) in [6, 6.07) is 7.48. The molecule has 1 aliphatic heterocycles. The van der Waals surface area contributed by atoms with Crippen molar-refractivity contribution in [1.29, 1.82) is 0 Å². The highest BCUT2D eigenvalue weighted by Crippen LogP contribution is 2.32. The van der Waals surface area contributed by atoms with Gasteiger partial charge in [-0.15, -0.1) is 0 Å². The van der Waals surface area contributed by atoms with E-state index < -0.39 is 11.7 Å². The molecule has 1 saturated heterocycles. The summed E-state index contributed by atoms with van der Waals surface area (Å²) in [5, 5.41) is 0.600. The molecule has 0 spiro atoms. The predicted octanol–water partition coefficient (Wildman–Crippen LogP) is 4.24. The van der Waals surface area contributed by atoms with Gasteiger partial charge in [0.2, 0.25) is 0 Å². The highest BCUT2D eigenvalue weighted by molar-refractivity contribution is 5.83. The average Bonchev–Trinajstić information content (AvgIpc) is 2.67. The van der Waals surface area contributed by atoms with E-state index in [2.05, 4.69) is 26.8 Å². The third-order valence-electron chi connectivity index (χ3n) is 4.88. The lowest BCUT2D eigenvalue weighted by atomic mass is 10.1. The maximum absolute atomic E-state index is 13.0. The molecule has 1 aliphatic rings. The molecule has 3 heterocycles. The molecule has 0 amide bonds. The molecule has 0 radical (unpaired) electrons. The Morgan fingerprint density at radius 1 is 1.14 bits per heavy atom. The van der Waals surface area contributed by atoms with Crippen LogP contribution in [0.25, 0.3) is 22.3 Å². The number of benzene rings is 1. The summed E-state index contributed by atoms with van der Waals surface area (Å²) in [5.41, 5.74) is 0.828. The number of ether oxygens (including phenoxy) is 1. The minimum absolute atomic E-state index is 0.229. The number of aromatic nitrogens is 3. The van der Waals surface area contributed by atoms with E-state index in [1.165, 1.54) is 6.07 Å². The Labute approximate surface area is 160 Å². The first-order valence-corrected chi connectivity index (χ1v) is 8.99. The molecule has 1 fully saturated rings. The van der Waals surface area contributed by atoms with E-state index in [-0.39, 0.29) is 11.6 Å². The van der Waals surface area contributed by atoms with Gasteiger partial charge in [-0.3, -0.25) is 0 Å². The zero-order valence-electron chi connectivity index (χ0n) is 15.5. The van der Waals surface area contributed by atoms with E-state index in [4.69, 9.17) is 4.74 Å². The van der Waals surface area contributed by atoms with Crippen LogP contribution < -0.4 is 4.90 Å². The lowest BCUT2D eigenvalue weighted by Crippen LogP contribution is -2.44. The molecule has 1 aromatic carbocycles. The average molecular weight is 388 g/mol. The number of pyridine rings is 1. The Morgan fingerprint density at radius 3 is 2.64 bits per heavy atom. The summed E-state index contributed by atoms with van der Waals surface area (Å²) >= 11 is 0. The molecule has 3 aromatic rings. The van der Waals surface area contributed by atoms with Gasteiger partial charge in [-0.2, -0.15) is 13.2 Å². The van der Waals surface area contributed by atoms with E-state index in [0.29, 0.717) is 35.7 Å².